The Morgan fingerprint density at radius 1 is 1.18 bits per heavy atom. The van der Waals surface area contributed by atoms with Crippen molar-refractivity contribution < 1.29 is 14.0 Å². The lowest BCUT2D eigenvalue weighted by Crippen LogP contribution is -2.38. The summed E-state index contributed by atoms with van der Waals surface area (Å²) in [6.45, 7) is 2.71. The van der Waals surface area contributed by atoms with Crippen molar-refractivity contribution in [3.8, 4) is 0 Å². The standard InChI is InChI=1S/C23H22FN7O2/c1-14(21-28-18-4-2-3-5-19(18)29-21)26-23(32)33-31-11-10-15-12-25-22(30-20(15)13-31)27-17-8-6-16(24)7-9-17/h2-9,12,14H,10-11,13H2,1H3,(H,26,32)(H,28,29)(H,25,27,30). The van der Waals surface area contributed by atoms with Crippen molar-refractivity contribution in [1.82, 2.24) is 30.3 Å². The number of hydrogen-bond donors (Lipinski definition) is 3. The number of benzene rings is 2. The molecule has 9 nitrogen and oxygen atoms in total. The zero-order valence-electron chi connectivity index (χ0n) is 17.9. The number of aromatic amines is 1. The van der Waals surface area contributed by atoms with Crippen LogP contribution in [0.1, 0.15) is 30.0 Å². The molecule has 0 fully saturated rings. The first-order valence-electron chi connectivity index (χ1n) is 10.6. The first-order valence-corrected chi connectivity index (χ1v) is 10.6. The van der Waals surface area contributed by atoms with E-state index in [-0.39, 0.29) is 11.9 Å². The summed E-state index contributed by atoms with van der Waals surface area (Å²) in [5.74, 6) is 0.735. The van der Waals surface area contributed by atoms with E-state index in [0.717, 1.165) is 22.3 Å². The molecule has 1 atom stereocenters. The molecule has 0 saturated heterocycles. The van der Waals surface area contributed by atoms with Gasteiger partial charge in [0.15, 0.2) is 0 Å². The van der Waals surface area contributed by atoms with Crippen molar-refractivity contribution >= 4 is 28.8 Å². The molecule has 3 N–H and O–H groups in total. The van der Waals surface area contributed by atoms with Gasteiger partial charge in [-0.15, -0.1) is 5.06 Å². The Morgan fingerprint density at radius 2 is 2.00 bits per heavy atom. The highest BCUT2D eigenvalue weighted by Gasteiger charge is 2.23. The maximum atomic E-state index is 13.1. The van der Waals surface area contributed by atoms with Crippen molar-refractivity contribution in [3.63, 3.8) is 0 Å². The van der Waals surface area contributed by atoms with Gasteiger partial charge in [-0.25, -0.2) is 24.1 Å². The number of nitrogens with zero attached hydrogens (tertiary/aromatic N) is 4. The zero-order chi connectivity index (χ0) is 22.8. The van der Waals surface area contributed by atoms with Crippen LogP contribution in [0.4, 0.5) is 20.8 Å². The summed E-state index contributed by atoms with van der Waals surface area (Å²) in [6.07, 6.45) is 1.85. The Labute approximate surface area is 189 Å². The number of aromatic nitrogens is 4. The highest BCUT2D eigenvalue weighted by atomic mass is 19.1. The molecule has 1 unspecified atom stereocenters. The molecule has 0 radical (unpaired) electrons. The van der Waals surface area contributed by atoms with Crippen LogP contribution in [0.5, 0.6) is 0 Å². The number of halogens is 1. The second kappa shape index (κ2) is 8.83. The molecule has 1 aliphatic rings. The van der Waals surface area contributed by atoms with Crippen LogP contribution < -0.4 is 10.6 Å². The van der Waals surface area contributed by atoms with E-state index in [9.17, 15) is 9.18 Å². The van der Waals surface area contributed by atoms with E-state index in [1.807, 2.05) is 31.2 Å². The van der Waals surface area contributed by atoms with E-state index in [4.69, 9.17) is 4.84 Å². The molecule has 168 valence electrons. The maximum absolute atomic E-state index is 13.1. The average molecular weight is 447 g/mol. The molecule has 2 aromatic heterocycles. The van der Waals surface area contributed by atoms with E-state index < -0.39 is 6.09 Å². The van der Waals surface area contributed by atoms with Crippen LogP contribution in [0.3, 0.4) is 0 Å². The number of hydrogen-bond acceptors (Lipinski definition) is 7. The molecule has 10 heteroatoms. The van der Waals surface area contributed by atoms with Crippen molar-refractivity contribution in [2.45, 2.75) is 25.9 Å². The fourth-order valence-corrected chi connectivity index (χ4v) is 3.65. The van der Waals surface area contributed by atoms with Crippen molar-refractivity contribution in [3.05, 3.63) is 77.6 Å². The lowest BCUT2D eigenvalue weighted by atomic mass is 10.1. The second-order valence-electron chi connectivity index (χ2n) is 7.79. The number of fused-ring (bicyclic) bond motifs is 2. The van der Waals surface area contributed by atoms with Gasteiger partial charge in [-0.1, -0.05) is 12.1 Å². The number of nitrogens with one attached hydrogen (secondary N) is 3. The first kappa shape index (κ1) is 20.8. The Morgan fingerprint density at radius 3 is 2.82 bits per heavy atom. The predicted octanol–water partition coefficient (Wildman–Crippen LogP) is 4.00. The summed E-state index contributed by atoms with van der Waals surface area (Å²) in [7, 11) is 0. The van der Waals surface area contributed by atoms with Gasteiger partial charge in [0.05, 0.1) is 29.3 Å². The molecular formula is C23H22FN7O2. The number of amides is 1. The Bertz CT molecular complexity index is 1260. The third kappa shape index (κ3) is 4.75. The summed E-state index contributed by atoms with van der Waals surface area (Å²) >= 11 is 0. The molecule has 0 spiro atoms. The normalized spacial score (nSPS) is 14.5. The van der Waals surface area contributed by atoms with Crippen LogP contribution in [-0.4, -0.2) is 37.6 Å². The highest BCUT2D eigenvalue weighted by Crippen LogP contribution is 2.21. The topological polar surface area (TPSA) is 108 Å². The minimum atomic E-state index is -0.565. The average Bonchev–Trinajstić information content (AvgIpc) is 3.25. The third-order valence-electron chi connectivity index (χ3n) is 5.38. The number of hydroxylamine groups is 2. The lowest BCUT2D eigenvalue weighted by molar-refractivity contribution is -0.112. The van der Waals surface area contributed by atoms with Gasteiger partial charge in [-0.2, -0.15) is 0 Å². The van der Waals surface area contributed by atoms with Gasteiger partial charge in [0, 0.05) is 18.4 Å². The van der Waals surface area contributed by atoms with Crippen LogP contribution in [0.2, 0.25) is 0 Å². The number of para-hydroxylation sites is 2. The fraction of sp³-hybridized carbons (Fsp3) is 0.217. The predicted molar refractivity (Wildman–Crippen MR) is 120 cm³/mol. The number of anilines is 2. The van der Waals surface area contributed by atoms with E-state index in [2.05, 4.69) is 30.6 Å². The highest BCUT2D eigenvalue weighted by molar-refractivity contribution is 5.75. The number of carbonyl (C=O) groups excluding carboxylic acids is 1. The molecule has 0 aliphatic carbocycles. The molecule has 1 amide bonds. The maximum Gasteiger partial charge on any atom is 0.426 e. The van der Waals surface area contributed by atoms with E-state index in [1.165, 1.54) is 12.1 Å². The van der Waals surface area contributed by atoms with E-state index in [1.54, 1.807) is 23.4 Å². The van der Waals surface area contributed by atoms with Crippen molar-refractivity contribution in [1.29, 1.82) is 0 Å². The summed E-state index contributed by atoms with van der Waals surface area (Å²) in [4.78, 5) is 34.5. The molecule has 3 heterocycles. The number of carbonyl (C=O) groups is 1. The molecule has 2 aromatic carbocycles. The van der Waals surface area contributed by atoms with Gasteiger partial charge in [-0.3, -0.25) is 0 Å². The van der Waals surface area contributed by atoms with Crippen LogP contribution in [0.25, 0.3) is 11.0 Å². The first-order chi connectivity index (χ1) is 16.0. The van der Waals surface area contributed by atoms with Crippen LogP contribution in [0.15, 0.2) is 54.7 Å². The van der Waals surface area contributed by atoms with Crippen molar-refractivity contribution in [2.75, 3.05) is 11.9 Å². The number of imidazole rings is 1. The van der Waals surface area contributed by atoms with E-state index >= 15 is 0 Å². The molecule has 4 aromatic rings. The van der Waals surface area contributed by atoms with Crippen LogP contribution in [0, 0.1) is 5.82 Å². The molecule has 1 aliphatic heterocycles. The SMILES string of the molecule is CC(NC(=O)ON1CCc2cnc(Nc3ccc(F)cc3)nc2C1)c1nc2ccccc2[nH]1. The van der Waals surface area contributed by atoms with Gasteiger partial charge in [0.25, 0.3) is 0 Å². The molecular weight excluding hydrogens is 425 g/mol. The van der Waals surface area contributed by atoms with Gasteiger partial charge in [-0.05, 0) is 55.3 Å². The largest absolute Gasteiger partial charge is 0.426 e. The van der Waals surface area contributed by atoms with Gasteiger partial charge >= 0.3 is 6.09 Å². The van der Waals surface area contributed by atoms with E-state index in [0.29, 0.717) is 37.0 Å². The Hall–Kier alpha value is -4.05. The molecule has 0 bridgehead atoms. The Balaban J connectivity index is 1.20. The summed E-state index contributed by atoms with van der Waals surface area (Å²) in [6, 6.07) is 13.3. The smallest absolute Gasteiger partial charge is 0.351 e. The molecule has 33 heavy (non-hydrogen) atoms. The molecule has 5 rings (SSSR count). The van der Waals surface area contributed by atoms with Crippen LogP contribution in [-0.2, 0) is 17.8 Å². The quantitative estimate of drug-likeness (QED) is 0.424. The minimum Gasteiger partial charge on any atom is -0.351 e. The summed E-state index contributed by atoms with van der Waals surface area (Å²) < 4.78 is 13.1. The minimum absolute atomic E-state index is 0.312. The monoisotopic (exact) mass is 447 g/mol. The summed E-state index contributed by atoms with van der Waals surface area (Å²) in [5, 5.41) is 7.43. The third-order valence-corrected chi connectivity index (χ3v) is 5.38. The second-order valence-corrected chi connectivity index (χ2v) is 7.79. The lowest BCUT2D eigenvalue weighted by Gasteiger charge is -2.27. The zero-order valence-corrected chi connectivity index (χ0v) is 17.9. The van der Waals surface area contributed by atoms with Gasteiger partial charge < -0.3 is 20.5 Å². The molecule has 0 saturated carbocycles. The number of H-pyrrole nitrogens is 1. The van der Waals surface area contributed by atoms with Crippen molar-refractivity contribution in [2.24, 2.45) is 0 Å². The van der Waals surface area contributed by atoms with Gasteiger partial charge in [0.1, 0.15) is 11.6 Å². The fourth-order valence-electron chi connectivity index (χ4n) is 3.65. The number of rotatable bonds is 5. The van der Waals surface area contributed by atoms with Crippen LogP contribution >= 0.6 is 0 Å². The van der Waals surface area contributed by atoms with Gasteiger partial charge in [0.2, 0.25) is 5.95 Å². The summed E-state index contributed by atoms with van der Waals surface area (Å²) in [5.41, 5.74) is 4.19. The Kier molecular flexibility index (Phi) is 5.57.